The number of carbonyl (C=O) groups excluding carboxylic acids is 1. The third kappa shape index (κ3) is 5.77. The molecule has 0 aliphatic carbocycles. The third-order valence-electron chi connectivity index (χ3n) is 4.30. The van der Waals surface area contributed by atoms with Crippen molar-refractivity contribution in [2.45, 2.75) is 64.1 Å². The van der Waals surface area contributed by atoms with Crippen LogP contribution >= 0.6 is 11.8 Å². The Morgan fingerprint density at radius 3 is 2.58 bits per heavy atom. The molecule has 6 nitrogen and oxygen atoms in total. The zero-order valence-corrected chi connectivity index (χ0v) is 15.8. The van der Waals surface area contributed by atoms with Crippen LogP contribution < -0.4 is 0 Å². The maximum atomic E-state index is 12.2. The van der Waals surface area contributed by atoms with Crippen LogP contribution in [0, 0.1) is 0 Å². The maximum Gasteiger partial charge on any atom is 0.233 e. The van der Waals surface area contributed by atoms with Crippen molar-refractivity contribution in [1.82, 2.24) is 19.7 Å². The zero-order valence-electron chi connectivity index (χ0n) is 15.0. The van der Waals surface area contributed by atoms with Gasteiger partial charge in [0.1, 0.15) is 5.82 Å². The molecule has 136 valence electrons. The molecule has 24 heavy (non-hydrogen) atoms. The predicted molar refractivity (Wildman–Crippen MR) is 96.3 cm³/mol. The molecule has 1 amide bonds. The Morgan fingerprint density at radius 1 is 1.12 bits per heavy atom. The van der Waals surface area contributed by atoms with Crippen molar-refractivity contribution in [1.29, 1.82) is 0 Å². The van der Waals surface area contributed by atoms with Crippen molar-refractivity contribution < 1.29 is 9.53 Å². The van der Waals surface area contributed by atoms with E-state index in [0.29, 0.717) is 32.1 Å². The minimum absolute atomic E-state index is 0.162. The van der Waals surface area contributed by atoms with E-state index in [4.69, 9.17) is 4.74 Å². The Labute approximate surface area is 149 Å². The number of unbranched alkanes of at least 4 members (excludes halogenated alkanes) is 4. The van der Waals surface area contributed by atoms with Crippen molar-refractivity contribution in [2.24, 2.45) is 0 Å². The Kier molecular flexibility index (Phi) is 8.59. The largest absolute Gasteiger partial charge is 0.378 e. The summed E-state index contributed by atoms with van der Waals surface area (Å²) < 4.78 is 7.44. The van der Waals surface area contributed by atoms with Crippen LogP contribution in [0.3, 0.4) is 0 Å². The topological polar surface area (TPSA) is 60.3 Å². The molecule has 0 radical (unpaired) electrons. The molecule has 0 saturated carbocycles. The fourth-order valence-corrected chi connectivity index (χ4v) is 3.77. The molecule has 1 aromatic rings. The Balaban J connectivity index is 1.80. The number of aryl methyl sites for hydroxylation is 1. The van der Waals surface area contributed by atoms with Gasteiger partial charge in [-0.3, -0.25) is 4.79 Å². The second kappa shape index (κ2) is 10.7. The normalized spacial score (nSPS) is 15.0. The summed E-state index contributed by atoms with van der Waals surface area (Å²) >= 11 is 1.50. The first-order chi connectivity index (χ1) is 11.8. The van der Waals surface area contributed by atoms with Gasteiger partial charge < -0.3 is 14.2 Å². The molecular formula is C17H30N4O2S. The van der Waals surface area contributed by atoms with Crippen LogP contribution in [0.1, 0.15) is 51.8 Å². The number of ether oxygens (including phenoxy) is 1. The zero-order chi connectivity index (χ0) is 17.2. The van der Waals surface area contributed by atoms with Crippen LogP contribution in [-0.2, 0) is 22.5 Å². The molecule has 1 aliphatic rings. The van der Waals surface area contributed by atoms with Crippen LogP contribution in [-0.4, -0.2) is 57.6 Å². The number of aromatic nitrogens is 3. The summed E-state index contributed by atoms with van der Waals surface area (Å²) in [6.07, 6.45) is 7.27. The average molecular weight is 355 g/mol. The fourth-order valence-electron chi connectivity index (χ4n) is 2.85. The first kappa shape index (κ1) is 19.2. The van der Waals surface area contributed by atoms with Gasteiger partial charge in [0.2, 0.25) is 5.91 Å². The van der Waals surface area contributed by atoms with Crippen LogP contribution in [0.2, 0.25) is 0 Å². The van der Waals surface area contributed by atoms with E-state index < -0.39 is 0 Å². The van der Waals surface area contributed by atoms with Gasteiger partial charge in [0.15, 0.2) is 5.16 Å². The number of morpholine rings is 1. The fraction of sp³-hybridized carbons (Fsp3) is 0.824. The monoisotopic (exact) mass is 354 g/mol. The van der Waals surface area contributed by atoms with E-state index in [0.717, 1.165) is 30.4 Å². The summed E-state index contributed by atoms with van der Waals surface area (Å²) in [5.74, 6) is 1.64. The lowest BCUT2D eigenvalue weighted by atomic mass is 10.1. The molecule has 1 saturated heterocycles. The molecule has 7 heteroatoms. The Hall–Kier alpha value is -1.08. The van der Waals surface area contributed by atoms with E-state index in [1.807, 2.05) is 4.90 Å². The highest BCUT2D eigenvalue weighted by atomic mass is 32.2. The molecule has 0 N–H and O–H groups in total. The number of amides is 1. The SMILES string of the molecule is CCCCCCCc1nnc(SCC(=O)N2CCOCC2)n1CC. The van der Waals surface area contributed by atoms with Crippen molar-refractivity contribution in [3.05, 3.63) is 5.82 Å². The van der Waals surface area contributed by atoms with E-state index in [-0.39, 0.29) is 5.91 Å². The van der Waals surface area contributed by atoms with E-state index >= 15 is 0 Å². The minimum atomic E-state index is 0.162. The van der Waals surface area contributed by atoms with Gasteiger partial charge in [-0.15, -0.1) is 10.2 Å². The first-order valence-electron chi connectivity index (χ1n) is 9.16. The van der Waals surface area contributed by atoms with E-state index in [1.165, 1.54) is 37.4 Å². The lowest BCUT2D eigenvalue weighted by Crippen LogP contribution is -2.41. The molecule has 1 aliphatic heterocycles. The highest BCUT2D eigenvalue weighted by molar-refractivity contribution is 7.99. The second-order valence-electron chi connectivity index (χ2n) is 6.09. The third-order valence-corrected chi connectivity index (χ3v) is 5.25. The van der Waals surface area contributed by atoms with Gasteiger partial charge >= 0.3 is 0 Å². The lowest BCUT2D eigenvalue weighted by molar-refractivity contribution is -0.132. The van der Waals surface area contributed by atoms with Gasteiger partial charge in [-0.2, -0.15) is 0 Å². The van der Waals surface area contributed by atoms with Crippen molar-refractivity contribution in [3.63, 3.8) is 0 Å². The smallest absolute Gasteiger partial charge is 0.233 e. The van der Waals surface area contributed by atoms with Gasteiger partial charge in [0, 0.05) is 26.1 Å². The maximum absolute atomic E-state index is 12.2. The molecule has 0 aromatic carbocycles. The second-order valence-corrected chi connectivity index (χ2v) is 7.03. The van der Waals surface area contributed by atoms with E-state index in [9.17, 15) is 4.79 Å². The summed E-state index contributed by atoms with van der Waals surface area (Å²) in [7, 11) is 0. The molecule has 0 bridgehead atoms. The number of hydrogen-bond acceptors (Lipinski definition) is 5. The average Bonchev–Trinajstić information content (AvgIpc) is 3.02. The molecule has 0 atom stereocenters. The molecule has 0 unspecified atom stereocenters. The quantitative estimate of drug-likeness (QED) is 0.478. The van der Waals surface area contributed by atoms with Gasteiger partial charge in [-0.25, -0.2) is 0 Å². The van der Waals surface area contributed by atoms with Crippen LogP contribution in [0.4, 0.5) is 0 Å². The van der Waals surface area contributed by atoms with Gasteiger partial charge in [-0.1, -0.05) is 44.4 Å². The Bertz CT molecular complexity index is 501. The van der Waals surface area contributed by atoms with Gasteiger partial charge in [0.25, 0.3) is 0 Å². The summed E-state index contributed by atoms with van der Waals surface area (Å²) in [4.78, 5) is 14.1. The van der Waals surface area contributed by atoms with Gasteiger partial charge in [0.05, 0.1) is 19.0 Å². The molecule has 1 fully saturated rings. The molecular weight excluding hydrogens is 324 g/mol. The molecule has 1 aromatic heterocycles. The van der Waals surface area contributed by atoms with Crippen LogP contribution in [0.5, 0.6) is 0 Å². The van der Waals surface area contributed by atoms with Crippen LogP contribution in [0.15, 0.2) is 5.16 Å². The number of carbonyl (C=O) groups is 1. The van der Waals surface area contributed by atoms with Crippen LogP contribution in [0.25, 0.3) is 0 Å². The molecule has 0 spiro atoms. The van der Waals surface area contributed by atoms with Crippen molar-refractivity contribution >= 4 is 17.7 Å². The standard InChI is InChI=1S/C17H30N4O2S/c1-3-5-6-7-8-9-15-18-19-17(21(15)4-2)24-14-16(22)20-10-12-23-13-11-20/h3-14H2,1-2H3. The highest BCUT2D eigenvalue weighted by Gasteiger charge is 2.18. The van der Waals surface area contributed by atoms with E-state index in [1.54, 1.807) is 0 Å². The molecule has 2 heterocycles. The summed E-state index contributed by atoms with van der Waals surface area (Å²) in [6.45, 7) is 7.87. The lowest BCUT2D eigenvalue weighted by Gasteiger charge is -2.26. The minimum Gasteiger partial charge on any atom is -0.378 e. The summed E-state index contributed by atoms with van der Waals surface area (Å²) in [5.41, 5.74) is 0. The summed E-state index contributed by atoms with van der Waals surface area (Å²) in [6, 6.07) is 0. The predicted octanol–water partition coefficient (Wildman–Crippen LogP) is 2.76. The van der Waals surface area contributed by atoms with Crippen molar-refractivity contribution in [3.8, 4) is 0 Å². The highest BCUT2D eigenvalue weighted by Crippen LogP contribution is 2.19. The van der Waals surface area contributed by atoms with Gasteiger partial charge in [-0.05, 0) is 13.3 Å². The Morgan fingerprint density at radius 2 is 1.88 bits per heavy atom. The number of nitrogens with zero attached hydrogens (tertiary/aromatic N) is 4. The number of rotatable bonds is 10. The summed E-state index contributed by atoms with van der Waals surface area (Å²) in [5, 5.41) is 9.51. The van der Waals surface area contributed by atoms with Crippen molar-refractivity contribution in [2.75, 3.05) is 32.1 Å². The number of hydrogen-bond donors (Lipinski definition) is 0. The van der Waals surface area contributed by atoms with E-state index in [2.05, 4.69) is 28.6 Å². The number of thioether (sulfide) groups is 1. The first-order valence-corrected chi connectivity index (χ1v) is 10.1. The molecule has 2 rings (SSSR count).